The normalized spacial score (nSPS) is 35.3. The Bertz CT molecular complexity index is 544. The molecule has 3 fully saturated rings. The summed E-state index contributed by atoms with van der Waals surface area (Å²) in [5, 5.41) is 9.11. The Balaban J connectivity index is 0.00000225. The van der Waals surface area contributed by atoms with E-state index in [0.29, 0.717) is 12.3 Å². The van der Waals surface area contributed by atoms with Crippen molar-refractivity contribution >= 4 is 30.3 Å². The van der Waals surface area contributed by atoms with Crippen LogP contribution in [0.15, 0.2) is 0 Å². The van der Waals surface area contributed by atoms with Gasteiger partial charge in [0.25, 0.3) is 5.91 Å². The standard InChI is InChI=1S/C17H28N4O3.ClH/c1-11-6-8-18-9-13(11)19-14(22)10-21-15(23)17(20-16(21)24)7-4-3-5-12(17)2;/h11-13,18H,3-10H2,1-2H3,(H,19,22)(H,20,24);1H. The third kappa shape index (κ3) is 3.77. The molecular weight excluding hydrogens is 344 g/mol. The van der Waals surface area contributed by atoms with Gasteiger partial charge in [-0.1, -0.05) is 26.7 Å². The molecule has 2 aliphatic heterocycles. The number of urea groups is 1. The molecular formula is C17H29ClN4O3. The van der Waals surface area contributed by atoms with Gasteiger partial charge in [0.15, 0.2) is 0 Å². The number of nitrogens with one attached hydrogen (secondary N) is 3. The maximum atomic E-state index is 12.8. The van der Waals surface area contributed by atoms with E-state index >= 15 is 0 Å². The highest BCUT2D eigenvalue weighted by molar-refractivity contribution is 6.09. The summed E-state index contributed by atoms with van der Waals surface area (Å²) in [6.07, 6.45) is 4.62. The number of carbonyl (C=O) groups is 3. The monoisotopic (exact) mass is 372 g/mol. The number of imide groups is 1. The largest absolute Gasteiger partial charge is 0.350 e. The summed E-state index contributed by atoms with van der Waals surface area (Å²) in [4.78, 5) is 38.6. The molecule has 1 spiro atoms. The smallest absolute Gasteiger partial charge is 0.325 e. The zero-order chi connectivity index (χ0) is 17.3. The molecule has 0 radical (unpaired) electrons. The molecule has 142 valence electrons. The molecule has 0 aromatic rings. The van der Waals surface area contributed by atoms with Crippen LogP contribution in [0.3, 0.4) is 0 Å². The first-order valence-corrected chi connectivity index (χ1v) is 9.08. The summed E-state index contributed by atoms with van der Waals surface area (Å²) in [7, 11) is 0. The molecule has 2 heterocycles. The Morgan fingerprint density at radius 2 is 2.04 bits per heavy atom. The third-order valence-corrected chi connectivity index (χ3v) is 5.98. The molecule has 0 aromatic heterocycles. The van der Waals surface area contributed by atoms with E-state index in [1.807, 2.05) is 6.92 Å². The van der Waals surface area contributed by atoms with E-state index in [2.05, 4.69) is 22.9 Å². The predicted molar refractivity (Wildman–Crippen MR) is 96.4 cm³/mol. The Labute approximate surface area is 155 Å². The summed E-state index contributed by atoms with van der Waals surface area (Å²) in [6, 6.07) is -0.381. The van der Waals surface area contributed by atoms with Crippen molar-refractivity contribution in [2.24, 2.45) is 11.8 Å². The van der Waals surface area contributed by atoms with E-state index in [0.717, 1.165) is 43.7 Å². The second kappa shape index (κ2) is 7.91. The van der Waals surface area contributed by atoms with Crippen molar-refractivity contribution in [2.45, 2.75) is 57.5 Å². The van der Waals surface area contributed by atoms with Gasteiger partial charge in [-0.25, -0.2) is 4.79 Å². The van der Waals surface area contributed by atoms with E-state index in [-0.39, 0.29) is 42.7 Å². The Morgan fingerprint density at radius 1 is 1.28 bits per heavy atom. The van der Waals surface area contributed by atoms with Crippen molar-refractivity contribution < 1.29 is 14.4 Å². The lowest BCUT2D eigenvalue weighted by atomic mass is 9.73. The Hall–Kier alpha value is -1.34. The predicted octanol–water partition coefficient (Wildman–Crippen LogP) is 1.02. The van der Waals surface area contributed by atoms with Crippen LogP contribution < -0.4 is 16.0 Å². The van der Waals surface area contributed by atoms with E-state index < -0.39 is 11.6 Å². The molecule has 0 bridgehead atoms. The summed E-state index contributed by atoms with van der Waals surface area (Å²) >= 11 is 0. The maximum absolute atomic E-state index is 12.8. The van der Waals surface area contributed by atoms with Crippen LogP contribution in [0, 0.1) is 11.8 Å². The van der Waals surface area contributed by atoms with Gasteiger partial charge in [0, 0.05) is 12.6 Å². The molecule has 1 saturated carbocycles. The lowest BCUT2D eigenvalue weighted by Crippen LogP contribution is -2.55. The molecule has 8 heteroatoms. The highest BCUT2D eigenvalue weighted by Crippen LogP contribution is 2.38. The van der Waals surface area contributed by atoms with Gasteiger partial charge in [-0.15, -0.1) is 12.4 Å². The van der Waals surface area contributed by atoms with E-state index in [9.17, 15) is 14.4 Å². The second-order valence-electron chi connectivity index (χ2n) is 7.58. The molecule has 3 N–H and O–H groups in total. The first-order valence-electron chi connectivity index (χ1n) is 9.08. The fourth-order valence-electron chi connectivity index (χ4n) is 4.22. The van der Waals surface area contributed by atoms with Crippen LogP contribution in [-0.4, -0.2) is 54.0 Å². The van der Waals surface area contributed by atoms with Crippen LogP contribution in [0.25, 0.3) is 0 Å². The Kier molecular flexibility index (Phi) is 6.32. The number of piperidine rings is 1. The average molecular weight is 373 g/mol. The van der Waals surface area contributed by atoms with Crippen LogP contribution in [0.2, 0.25) is 0 Å². The lowest BCUT2D eigenvalue weighted by molar-refractivity contribution is -0.137. The van der Waals surface area contributed by atoms with Crippen molar-refractivity contribution in [2.75, 3.05) is 19.6 Å². The quantitative estimate of drug-likeness (QED) is 0.645. The van der Waals surface area contributed by atoms with Gasteiger partial charge < -0.3 is 16.0 Å². The number of hydrogen-bond donors (Lipinski definition) is 3. The van der Waals surface area contributed by atoms with Crippen molar-refractivity contribution in [3.8, 4) is 0 Å². The molecule has 4 atom stereocenters. The van der Waals surface area contributed by atoms with Gasteiger partial charge in [0.1, 0.15) is 12.1 Å². The summed E-state index contributed by atoms with van der Waals surface area (Å²) in [6.45, 7) is 5.62. The SMILES string of the molecule is CC1CCNCC1NC(=O)CN1C(=O)NC2(CCCCC2C)C1=O.Cl. The molecule has 4 unspecified atom stereocenters. The Morgan fingerprint density at radius 3 is 2.72 bits per heavy atom. The molecule has 25 heavy (non-hydrogen) atoms. The van der Waals surface area contributed by atoms with Crippen LogP contribution in [-0.2, 0) is 9.59 Å². The van der Waals surface area contributed by atoms with Crippen LogP contribution in [0.1, 0.15) is 46.0 Å². The van der Waals surface area contributed by atoms with Crippen LogP contribution >= 0.6 is 12.4 Å². The summed E-state index contributed by atoms with van der Waals surface area (Å²) in [5.41, 5.74) is -0.796. The third-order valence-electron chi connectivity index (χ3n) is 5.98. The fourth-order valence-corrected chi connectivity index (χ4v) is 4.22. The van der Waals surface area contributed by atoms with Gasteiger partial charge in [0.2, 0.25) is 5.91 Å². The number of amides is 4. The molecule has 4 amide bonds. The minimum absolute atomic E-state index is 0. The minimum atomic E-state index is -0.796. The summed E-state index contributed by atoms with van der Waals surface area (Å²) < 4.78 is 0. The van der Waals surface area contributed by atoms with Gasteiger partial charge in [-0.3, -0.25) is 14.5 Å². The molecule has 1 aliphatic carbocycles. The maximum Gasteiger partial charge on any atom is 0.325 e. The summed E-state index contributed by atoms with van der Waals surface area (Å²) in [5.74, 6) is 0.00516. The highest BCUT2D eigenvalue weighted by atomic mass is 35.5. The highest BCUT2D eigenvalue weighted by Gasteiger charge is 2.55. The van der Waals surface area contributed by atoms with Crippen molar-refractivity contribution in [1.29, 1.82) is 0 Å². The molecule has 3 aliphatic rings. The van der Waals surface area contributed by atoms with Crippen LogP contribution in [0.5, 0.6) is 0 Å². The first kappa shape index (κ1) is 20.0. The second-order valence-corrected chi connectivity index (χ2v) is 7.58. The molecule has 2 saturated heterocycles. The van der Waals surface area contributed by atoms with Crippen molar-refractivity contribution in [3.05, 3.63) is 0 Å². The van der Waals surface area contributed by atoms with Crippen molar-refractivity contribution in [3.63, 3.8) is 0 Å². The molecule has 3 rings (SSSR count). The zero-order valence-electron chi connectivity index (χ0n) is 15.0. The number of halogens is 1. The molecule has 7 nitrogen and oxygen atoms in total. The van der Waals surface area contributed by atoms with E-state index in [4.69, 9.17) is 0 Å². The van der Waals surface area contributed by atoms with E-state index in [1.54, 1.807) is 0 Å². The zero-order valence-corrected chi connectivity index (χ0v) is 15.8. The topological polar surface area (TPSA) is 90.5 Å². The van der Waals surface area contributed by atoms with Crippen molar-refractivity contribution in [1.82, 2.24) is 20.9 Å². The van der Waals surface area contributed by atoms with Gasteiger partial charge in [0.05, 0.1) is 0 Å². The lowest BCUT2D eigenvalue weighted by Gasteiger charge is -2.36. The number of rotatable bonds is 3. The minimum Gasteiger partial charge on any atom is -0.350 e. The number of hydrogen-bond acceptors (Lipinski definition) is 4. The molecule has 0 aromatic carbocycles. The van der Waals surface area contributed by atoms with Gasteiger partial charge in [-0.2, -0.15) is 0 Å². The number of carbonyl (C=O) groups excluding carboxylic acids is 3. The van der Waals surface area contributed by atoms with Gasteiger partial charge >= 0.3 is 6.03 Å². The first-order chi connectivity index (χ1) is 11.4. The number of nitrogens with zero attached hydrogens (tertiary/aromatic N) is 1. The average Bonchev–Trinajstić information content (AvgIpc) is 2.78. The van der Waals surface area contributed by atoms with E-state index in [1.165, 1.54) is 0 Å². The van der Waals surface area contributed by atoms with Crippen LogP contribution in [0.4, 0.5) is 4.79 Å². The fraction of sp³-hybridized carbons (Fsp3) is 0.824. The van der Waals surface area contributed by atoms with Gasteiger partial charge in [-0.05, 0) is 37.6 Å².